The van der Waals surface area contributed by atoms with Crippen LogP contribution in [0.1, 0.15) is 35.2 Å². The molecule has 2 aromatic carbocycles. The molecule has 1 fully saturated rings. The lowest BCUT2D eigenvalue weighted by Gasteiger charge is -2.22. The Bertz CT molecular complexity index is 1190. The van der Waals surface area contributed by atoms with Gasteiger partial charge in [-0.05, 0) is 36.8 Å². The molecule has 154 valence electrons. The summed E-state index contributed by atoms with van der Waals surface area (Å²) < 4.78 is 28.0. The SMILES string of the molecule is CC1(c2cccc(C(N)=O)c2)NC(=O)N(Cc2nc3ccccc3n2C(F)F)C1=O. The summed E-state index contributed by atoms with van der Waals surface area (Å²) in [4.78, 5) is 42.2. The summed E-state index contributed by atoms with van der Waals surface area (Å²) in [5.41, 5.74) is 4.87. The van der Waals surface area contributed by atoms with Crippen molar-refractivity contribution < 1.29 is 23.2 Å². The molecule has 3 N–H and O–H groups in total. The van der Waals surface area contributed by atoms with Crippen LogP contribution in [0.15, 0.2) is 48.5 Å². The second-order valence-electron chi connectivity index (χ2n) is 7.06. The van der Waals surface area contributed by atoms with Crippen LogP contribution in [-0.2, 0) is 16.9 Å². The standard InChI is InChI=1S/C20H17F2N5O3/c1-20(12-6-4-5-11(9-12)16(23)28)17(29)26(19(30)25-20)10-15-24-13-7-2-3-8-14(13)27(15)18(21)22/h2-9,18H,10H2,1H3,(H2,23,28)(H,25,30). The fraction of sp³-hybridized carbons (Fsp3) is 0.200. The minimum Gasteiger partial charge on any atom is -0.366 e. The van der Waals surface area contributed by atoms with Crippen molar-refractivity contribution in [1.29, 1.82) is 0 Å². The predicted molar refractivity (Wildman–Crippen MR) is 102 cm³/mol. The van der Waals surface area contributed by atoms with E-state index in [1.165, 1.54) is 25.1 Å². The van der Waals surface area contributed by atoms with Crippen LogP contribution in [0.5, 0.6) is 0 Å². The van der Waals surface area contributed by atoms with Gasteiger partial charge in [0.1, 0.15) is 11.4 Å². The van der Waals surface area contributed by atoms with Crippen LogP contribution < -0.4 is 11.1 Å². The molecule has 1 unspecified atom stereocenters. The van der Waals surface area contributed by atoms with E-state index in [0.29, 0.717) is 15.6 Å². The van der Waals surface area contributed by atoms with Gasteiger partial charge in [0, 0.05) is 5.56 Å². The third-order valence-corrected chi connectivity index (χ3v) is 5.16. The monoisotopic (exact) mass is 413 g/mol. The maximum absolute atomic E-state index is 13.7. The molecule has 10 heteroatoms. The quantitative estimate of drug-likeness (QED) is 0.626. The molecule has 0 aliphatic carbocycles. The number of carbonyl (C=O) groups excluding carboxylic acids is 3. The number of para-hydroxylation sites is 2. The number of carbonyl (C=O) groups is 3. The van der Waals surface area contributed by atoms with Crippen molar-refractivity contribution in [2.24, 2.45) is 5.73 Å². The van der Waals surface area contributed by atoms with E-state index in [2.05, 4.69) is 10.3 Å². The molecule has 30 heavy (non-hydrogen) atoms. The number of hydrogen-bond acceptors (Lipinski definition) is 4. The zero-order valence-corrected chi connectivity index (χ0v) is 15.8. The third kappa shape index (κ3) is 2.97. The summed E-state index contributed by atoms with van der Waals surface area (Å²) in [6, 6.07) is 11.6. The van der Waals surface area contributed by atoms with Crippen LogP contribution >= 0.6 is 0 Å². The molecule has 8 nitrogen and oxygen atoms in total. The molecule has 2 heterocycles. The Labute approximate surface area is 169 Å². The number of hydrogen-bond donors (Lipinski definition) is 2. The van der Waals surface area contributed by atoms with Crippen molar-refractivity contribution in [3.63, 3.8) is 0 Å². The number of benzene rings is 2. The van der Waals surface area contributed by atoms with Gasteiger partial charge in [-0.15, -0.1) is 0 Å². The van der Waals surface area contributed by atoms with E-state index >= 15 is 0 Å². The first kappa shape index (κ1) is 19.5. The lowest BCUT2D eigenvalue weighted by molar-refractivity contribution is -0.131. The molecule has 1 atom stereocenters. The van der Waals surface area contributed by atoms with Gasteiger partial charge in [-0.3, -0.25) is 19.1 Å². The fourth-order valence-corrected chi connectivity index (χ4v) is 3.58. The van der Waals surface area contributed by atoms with Crippen LogP contribution in [0.4, 0.5) is 13.6 Å². The second-order valence-corrected chi connectivity index (χ2v) is 7.06. The number of nitrogens with one attached hydrogen (secondary N) is 1. The molecular weight excluding hydrogens is 396 g/mol. The van der Waals surface area contributed by atoms with E-state index in [9.17, 15) is 23.2 Å². The van der Waals surface area contributed by atoms with E-state index < -0.39 is 36.5 Å². The lowest BCUT2D eigenvalue weighted by Crippen LogP contribution is -2.41. The second kappa shape index (κ2) is 6.90. The molecule has 1 aromatic heterocycles. The van der Waals surface area contributed by atoms with Gasteiger partial charge in [0.05, 0.1) is 17.6 Å². The summed E-state index contributed by atoms with van der Waals surface area (Å²) in [5, 5.41) is 2.58. The van der Waals surface area contributed by atoms with Gasteiger partial charge in [-0.1, -0.05) is 24.3 Å². The Hall–Kier alpha value is -3.82. The van der Waals surface area contributed by atoms with E-state index in [1.54, 1.807) is 30.3 Å². The first-order valence-electron chi connectivity index (χ1n) is 9.01. The number of urea groups is 1. The first-order valence-corrected chi connectivity index (χ1v) is 9.01. The molecule has 0 spiro atoms. The molecule has 0 saturated carbocycles. The molecule has 3 aromatic rings. The highest BCUT2D eigenvalue weighted by Gasteiger charge is 2.49. The van der Waals surface area contributed by atoms with Gasteiger partial charge in [0.25, 0.3) is 5.91 Å². The Balaban J connectivity index is 1.71. The number of fused-ring (bicyclic) bond motifs is 1. The highest BCUT2D eigenvalue weighted by molar-refractivity contribution is 6.07. The molecular formula is C20H17F2N5O3. The van der Waals surface area contributed by atoms with Crippen molar-refractivity contribution in [2.45, 2.75) is 25.6 Å². The van der Waals surface area contributed by atoms with Crippen LogP contribution in [0.25, 0.3) is 11.0 Å². The number of imide groups is 1. The molecule has 4 amide bonds. The minimum absolute atomic E-state index is 0.121. The number of halogens is 2. The van der Waals surface area contributed by atoms with Gasteiger partial charge >= 0.3 is 12.6 Å². The number of amides is 4. The zero-order chi connectivity index (χ0) is 21.6. The smallest absolute Gasteiger partial charge is 0.325 e. The predicted octanol–water partition coefficient (Wildman–Crippen LogP) is 2.50. The summed E-state index contributed by atoms with van der Waals surface area (Å²) in [6.45, 7) is -1.86. The van der Waals surface area contributed by atoms with Gasteiger partial charge in [0.15, 0.2) is 0 Å². The Morgan fingerprint density at radius 1 is 1.20 bits per heavy atom. The number of imidazole rings is 1. The summed E-state index contributed by atoms with van der Waals surface area (Å²) >= 11 is 0. The Kier molecular flexibility index (Phi) is 4.49. The molecule has 1 aliphatic rings. The molecule has 1 aliphatic heterocycles. The topological polar surface area (TPSA) is 110 Å². The minimum atomic E-state index is -2.90. The maximum Gasteiger partial charge on any atom is 0.325 e. The van der Waals surface area contributed by atoms with E-state index in [0.717, 1.165) is 4.90 Å². The largest absolute Gasteiger partial charge is 0.366 e. The van der Waals surface area contributed by atoms with Crippen molar-refractivity contribution in [1.82, 2.24) is 19.8 Å². The molecule has 4 rings (SSSR count). The average Bonchev–Trinajstić information content (AvgIpc) is 3.19. The van der Waals surface area contributed by atoms with E-state index in [-0.39, 0.29) is 16.9 Å². The zero-order valence-electron chi connectivity index (χ0n) is 15.8. The summed E-state index contributed by atoms with van der Waals surface area (Å²) in [5.74, 6) is -1.45. The summed E-state index contributed by atoms with van der Waals surface area (Å²) in [7, 11) is 0. The normalized spacial score (nSPS) is 19.0. The number of rotatable bonds is 5. The Morgan fingerprint density at radius 3 is 2.63 bits per heavy atom. The number of alkyl halides is 2. The highest BCUT2D eigenvalue weighted by atomic mass is 19.3. The lowest BCUT2D eigenvalue weighted by atomic mass is 9.90. The van der Waals surface area contributed by atoms with Gasteiger partial charge in [0.2, 0.25) is 5.91 Å². The van der Waals surface area contributed by atoms with Crippen molar-refractivity contribution >= 4 is 28.9 Å². The highest BCUT2D eigenvalue weighted by Crippen LogP contribution is 2.31. The van der Waals surface area contributed by atoms with Gasteiger partial charge < -0.3 is 11.1 Å². The molecule has 0 radical (unpaired) electrons. The van der Waals surface area contributed by atoms with Crippen LogP contribution in [0, 0.1) is 0 Å². The molecule has 0 bridgehead atoms. The van der Waals surface area contributed by atoms with Crippen molar-refractivity contribution in [3.05, 3.63) is 65.5 Å². The fourth-order valence-electron chi connectivity index (χ4n) is 3.58. The number of aromatic nitrogens is 2. The van der Waals surface area contributed by atoms with Gasteiger partial charge in [-0.2, -0.15) is 8.78 Å². The Morgan fingerprint density at radius 2 is 1.93 bits per heavy atom. The molecule has 1 saturated heterocycles. The van der Waals surface area contributed by atoms with Crippen molar-refractivity contribution in [3.8, 4) is 0 Å². The van der Waals surface area contributed by atoms with E-state index in [1.807, 2.05) is 0 Å². The number of nitrogens with two attached hydrogens (primary N) is 1. The van der Waals surface area contributed by atoms with Crippen LogP contribution in [0.2, 0.25) is 0 Å². The first-order chi connectivity index (χ1) is 14.2. The number of nitrogens with zero attached hydrogens (tertiary/aromatic N) is 3. The summed E-state index contributed by atoms with van der Waals surface area (Å²) in [6.07, 6.45) is 0. The van der Waals surface area contributed by atoms with E-state index in [4.69, 9.17) is 5.73 Å². The van der Waals surface area contributed by atoms with Crippen molar-refractivity contribution in [2.75, 3.05) is 0 Å². The third-order valence-electron chi connectivity index (χ3n) is 5.16. The maximum atomic E-state index is 13.7. The van der Waals surface area contributed by atoms with Crippen LogP contribution in [0.3, 0.4) is 0 Å². The average molecular weight is 413 g/mol. The number of primary amides is 1. The van der Waals surface area contributed by atoms with Crippen LogP contribution in [-0.4, -0.2) is 32.3 Å². The van der Waals surface area contributed by atoms with Gasteiger partial charge in [-0.25, -0.2) is 9.78 Å².